The van der Waals surface area contributed by atoms with Crippen molar-refractivity contribution < 1.29 is 9.59 Å². The Morgan fingerprint density at radius 1 is 1.09 bits per heavy atom. The molecule has 120 valence electrons. The van der Waals surface area contributed by atoms with E-state index in [1.807, 2.05) is 42.1 Å². The lowest BCUT2D eigenvalue weighted by Gasteiger charge is -2.20. The number of thioether (sulfide) groups is 1. The van der Waals surface area contributed by atoms with Gasteiger partial charge in [-0.25, -0.2) is 4.79 Å². The fourth-order valence-electron chi connectivity index (χ4n) is 2.56. The molecule has 2 rings (SSSR count). The van der Waals surface area contributed by atoms with Crippen molar-refractivity contribution in [1.29, 1.82) is 0 Å². The SMILES string of the molecule is O=C(CCSC1CCCCC1)NC(=O)NCc1ccccc1. The van der Waals surface area contributed by atoms with Crippen LogP contribution < -0.4 is 10.6 Å². The first kappa shape index (κ1) is 16.9. The lowest BCUT2D eigenvalue weighted by atomic mass is 10.0. The van der Waals surface area contributed by atoms with Gasteiger partial charge in [-0.2, -0.15) is 11.8 Å². The molecule has 0 aromatic heterocycles. The van der Waals surface area contributed by atoms with Gasteiger partial charge in [0.15, 0.2) is 0 Å². The van der Waals surface area contributed by atoms with Crippen LogP contribution in [0.4, 0.5) is 4.79 Å². The first-order chi connectivity index (χ1) is 10.7. The second-order valence-electron chi connectivity index (χ2n) is 5.60. The molecule has 22 heavy (non-hydrogen) atoms. The minimum absolute atomic E-state index is 0.200. The number of urea groups is 1. The molecule has 0 spiro atoms. The van der Waals surface area contributed by atoms with E-state index in [9.17, 15) is 9.59 Å². The Hall–Kier alpha value is -1.49. The predicted molar refractivity (Wildman–Crippen MR) is 90.8 cm³/mol. The minimum Gasteiger partial charge on any atom is -0.334 e. The van der Waals surface area contributed by atoms with Gasteiger partial charge in [-0.1, -0.05) is 49.6 Å². The summed E-state index contributed by atoms with van der Waals surface area (Å²) in [4.78, 5) is 23.4. The summed E-state index contributed by atoms with van der Waals surface area (Å²) in [5, 5.41) is 5.78. The monoisotopic (exact) mass is 320 g/mol. The molecule has 3 amide bonds. The van der Waals surface area contributed by atoms with Crippen molar-refractivity contribution >= 4 is 23.7 Å². The van der Waals surface area contributed by atoms with Gasteiger partial charge >= 0.3 is 6.03 Å². The molecule has 0 radical (unpaired) electrons. The third-order valence-corrected chi connectivity index (χ3v) is 5.17. The van der Waals surface area contributed by atoms with Crippen molar-refractivity contribution in [2.75, 3.05) is 5.75 Å². The summed E-state index contributed by atoms with van der Waals surface area (Å²) in [5.41, 5.74) is 1.01. The standard InChI is InChI=1S/C17H24N2O2S/c20-16(11-12-22-15-9-5-2-6-10-15)19-17(21)18-13-14-7-3-1-4-8-14/h1,3-4,7-8,15H,2,5-6,9-13H2,(H2,18,19,20,21). The van der Waals surface area contributed by atoms with Crippen molar-refractivity contribution in [2.45, 2.75) is 50.3 Å². The summed E-state index contributed by atoms with van der Waals surface area (Å²) in [6.45, 7) is 0.427. The first-order valence-electron chi connectivity index (χ1n) is 7.97. The van der Waals surface area contributed by atoms with E-state index in [1.165, 1.54) is 32.1 Å². The Morgan fingerprint density at radius 3 is 2.55 bits per heavy atom. The van der Waals surface area contributed by atoms with Crippen LogP contribution in [0.3, 0.4) is 0 Å². The van der Waals surface area contributed by atoms with Crippen LogP contribution in [-0.4, -0.2) is 22.9 Å². The molecule has 0 atom stereocenters. The Bertz CT molecular complexity index is 473. The van der Waals surface area contributed by atoms with Gasteiger partial charge in [-0.15, -0.1) is 0 Å². The van der Waals surface area contributed by atoms with Crippen LogP contribution in [0.5, 0.6) is 0 Å². The Kier molecular flexibility index (Phi) is 7.30. The molecule has 2 N–H and O–H groups in total. The summed E-state index contributed by atoms with van der Waals surface area (Å²) >= 11 is 1.87. The summed E-state index contributed by atoms with van der Waals surface area (Å²) in [7, 11) is 0. The van der Waals surface area contributed by atoms with Gasteiger partial charge in [0.05, 0.1) is 0 Å². The van der Waals surface area contributed by atoms with Crippen LogP contribution in [0.25, 0.3) is 0 Å². The molecule has 0 bridgehead atoms. The highest BCUT2D eigenvalue weighted by atomic mass is 32.2. The number of amides is 3. The quantitative estimate of drug-likeness (QED) is 0.844. The molecule has 1 aliphatic carbocycles. The number of benzene rings is 1. The van der Waals surface area contributed by atoms with Crippen LogP contribution in [0.15, 0.2) is 30.3 Å². The zero-order valence-electron chi connectivity index (χ0n) is 12.8. The van der Waals surface area contributed by atoms with E-state index in [4.69, 9.17) is 0 Å². The second kappa shape index (κ2) is 9.51. The van der Waals surface area contributed by atoms with Gasteiger partial charge in [-0.3, -0.25) is 10.1 Å². The first-order valence-corrected chi connectivity index (χ1v) is 9.02. The molecule has 0 unspecified atom stereocenters. The average Bonchev–Trinajstić information content (AvgIpc) is 2.55. The number of rotatable bonds is 6. The molecule has 1 aliphatic rings. The number of nitrogens with one attached hydrogen (secondary N) is 2. The average molecular weight is 320 g/mol. The molecule has 1 fully saturated rings. The van der Waals surface area contributed by atoms with E-state index in [0.29, 0.717) is 18.2 Å². The fourth-order valence-corrected chi connectivity index (χ4v) is 3.86. The van der Waals surface area contributed by atoms with Crippen molar-refractivity contribution in [3.8, 4) is 0 Å². The van der Waals surface area contributed by atoms with E-state index in [0.717, 1.165) is 11.3 Å². The lowest BCUT2D eigenvalue weighted by Crippen LogP contribution is -2.39. The third kappa shape index (κ3) is 6.52. The Morgan fingerprint density at radius 2 is 1.82 bits per heavy atom. The van der Waals surface area contributed by atoms with Gasteiger partial charge in [0.25, 0.3) is 0 Å². The molecule has 1 aromatic carbocycles. The van der Waals surface area contributed by atoms with E-state index >= 15 is 0 Å². The summed E-state index contributed by atoms with van der Waals surface area (Å²) in [6.07, 6.45) is 6.91. The van der Waals surface area contributed by atoms with Gasteiger partial charge in [0.2, 0.25) is 5.91 Å². The van der Waals surface area contributed by atoms with Crippen molar-refractivity contribution in [3.05, 3.63) is 35.9 Å². The maximum atomic E-state index is 11.7. The predicted octanol–water partition coefficient (Wildman–Crippen LogP) is 3.47. The van der Waals surface area contributed by atoms with Gasteiger partial charge in [0.1, 0.15) is 0 Å². The van der Waals surface area contributed by atoms with Crippen molar-refractivity contribution in [2.24, 2.45) is 0 Å². The Labute approximate surface area is 136 Å². The zero-order chi connectivity index (χ0) is 15.6. The van der Waals surface area contributed by atoms with E-state index in [1.54, 1.807) is 0 Å². The minimum atomic E-state index is -0.420. The highest BCUT2D eigenvalue weighted by Gasteiger charge is 2.14. The van der Waals surface area contributed by atoms with E-state index in [2.05, 4.69) is 10.6 Å². The van der Waals surface area contributed by atoms with Gasteiger partial charge < -0.3 is 5.32 Å². The van der Waals surface area contributed by atoms with Gasteiger partial charge in [0, 0.05) is 24.0 Å². The van der Waals surface area contributed by atoms with Crippen LogP contribution in [-0.2, 0) is 11.3 Å². The highest BCUT2D eigenvalue weighted by Crippen LogP contribution is 2.28. The highest BCUT2D eigenvalue weighted by molar-refractivity contribution is 7.99. The normalized spacial score (nSPS) is 15.3. The molecular formula is C17H24N2O2S. The molecule has 4 nitrogen and oxygen atoms in total. The largest absolute Gasteiger partial charge is 0.334 e. The molecule has 0 saturated heterocycles. The maximum absolute atomic E-state index is 11.7. The number of imide groups is 1. The topological polar surface area (TPSA) is 58.2 Å². The molecule has 1 aromatic rings. The number of hydrogen-bond acceptors (Lipinski definition) is 3. The molecule has 0 heterocycles. The smallest absolute Gasteiger partial charge is 0.321 e. The summed E-state index contributed by atoms with van der Waals surface area (Å²) < 4.78 is 0. The molecule has 1 saturated carbocycles. The third-order valence-electron chi connectivity index (χ3n) is 3.78. The fraction of sp³-hybridized carbons (Fsp3) is 0.529. The number of hydrogen-bond donors (Lipinski definition) is 2. The number of carbonyl (C=O) groups is 2. The zero-order valence-corrected chi connectivity index (χ0v) is 13.7. The second-order valence-corrected chi connectivity index (χ2v) is 7.01. The van der Waals surface area contributed by atoms with Crippen LogP contribution >= 0.6 is 11.8 Å². The summed E-state index contributed by atoms with van der Waals surface area (Å²) in [6, 6.07) is 9.21. The van der Waals surface area contributed by atoms with Crippen molar-refractivity contribution in [1.82, 2.24) is 10.6 Å². The van der Waals surface area contributed by atoms with Crippen molar-refractivity contribution in [3.63, 3.8) is 0 Å². The van der Waals surface area contributed by atoms with Crippen LogP contribution in [0, 0.1) is 0 Å². The molecule has 0 aliphatic heterocycles. The molecule has 5 heteroatoms. The lowest BCUT2D eigenvalue weighted by molar-refractivity contribution is -0.119. The number of carbonyl (C=O) groups excluding carboxylic acids is 2. The van der Waals surface area contributed by atoms with E-state index < -0.39 is 6.03 Å². The van der Waals surface area contributed by atoms with Crippen LogP contribution in [0.1, 0.15) is 44.1 Å². The van der Waals surface area contributed by atoms with Gasteiger partial charge in [-0.05, 0) is 18.4 Å². The Balaban J connectivity index is 1.56. The van der Waals surface area contributed by atoms with Crippen LogP contribution in [0.2, 0.25) is 0 Å². The maximum Gasteiger partial charge on any atom is 0.321 e. The summed E-state index contributed by atoms with van der Waals surface area (Å²) in [5.74, 6) is 0.594. The molecular weight excluding hydrogens is 296 g/mol. The van der Waals surface area contributed by atoms with E-state index in [-0.39, 0.29) is 5.91 Å².